The van der Waals surface area contributed by atoms with Gasteiger partial charge in [-0.1, -0.05) is 23.2 Å². The number of aromatic nitrogens is 1. The highest BCUT2D eigenvalue weighted by Gasteiger charge is 2.32. The number of anilines is 1. The minimum Gasteiger partial charge on any atom is -0.497 e. The van der Waals surface area contributed by atoms with Crippen LogP contribution in [-0.2, 0) is 4.79 Å². The zero-order valence-electron chi connectivity index (χ0n) is 15.9. The molecule has 0 aliphatic carbocycles. The van der Waals surface area contributed by atoms with E-state index in [1.54, 1.807) is 19.4 Å². The third-order valence-corrected chi connectivity index (χ3v) is 6.14. The summed E-state index contributed by atoms with van der Waals surface area (Å²) in [6, 6.07) is 10.5. The first-order chi connectivity index (χ1) is 14.0. The lowest BCUT2D eigenvalue weighted by Crippen LogP contribution is -2.49. The number of fused-ring (bicyclic) bond motifs is 1. The molecule has 1 atom stereocenters. The Morgan fingerprint density at radius 1 is 1.10 bits per heavy atom. The Balaban J connectivity index is 1.56. The smallest absolute Gasteiger partial charge is 0.325 e. The van der Waals surface area contributed by atoms with Crippen molar-refractivity contribution in [2.75, 3.05) is 38.2 Å². The lowest BCUT2D eigenvalue weighted by atomic mass is 10.0. The summed E-state index contributed by atoms with van der Waals surface area (Å²) in [5.74, 6) is -0.163. The van der Waals surface area contributed by atoms with Crippen LogP contribution >= 0.6 is 23.2 Å². The van der Waals surface area contributed by atoms with E-state index in [1.165, 1.54) is 0 Å². The number of ether oxygens (including phenoxy) is 1. The first-order valence-corrected chi connectivity index (χ1v) is 10.1. The van der Waals surface area contributed by atoms with Crippen LogP contribution in [0, 0.1) is 0 Å². The van der Waals surface area contributed by atoms with Gasteiger partial charge in [0.15, 0.2) is 0 Å². The molecule has 0 saturated carbocycles. The molecular weight excluding hydrogens is 413 g/mol. The maximum Gasteiger partial charge on any atom is 0.325 e. The average Bonchev–Trinajstić information content (AvgIpc) is 3.13. The quantitative estimate of drug-likeness (QED) is 0.622. The van der Waals surface area contributed by atoms with Crippen molar-refractivity contribution >= 4 is 45.8 Å². The molecule has 0 radical (unpaired) electrons. The molecule has 6 nitrogen and oxygen atoms in total. The van der Waals surface area contributed by atoms with Gasteiger partial charge in [0.05, 0.1) is 17.2 Å². The summed E-state index contributed by atoms with van der Waals surface area (Å²) in [4.78, 5) is 19.6. The van der Waals surface area contributed by atoms with Crippen molar-refractivity contribution in [2.45, 2.75) is 6.04 Å². The van der Waals surface area contributed by atoms with E-state index < -0.39 is 12.0 Å². The number of aliphatic carboxylic acids is 1. The zero-order chi connectivity index (χ0) is 20.5. The van der Waals surface area contributed by atoms with Gasteiger partial charge in [-0.15, -0.1) is 0 Å². The van der Waals surface area contributed by atoms with Crippen LogP contribution in [0.4, 0.5) is 5.69 Å². The van der Waals surface area contributed by atoms with Crippen LogP contribution < -0.4 is 9.64 Å². The predicted octanol–water partition coefficient (Wildman–Crippen LogP) is 4.43. The fourth-order valence-electron chi connectivity index (χ4n) is 3.88. The van der Waals surface area contributed by atoms with Gasteiger partial charge in [-0.3, -0.25) is 9.69 Å². The van der Waals surface area contributed by atoms with Crippen LogP contribution in [0.25, 0.3) is 10.9 Å². The van der Waals surface area contributed by atoms with Gasteiger partial charge in [0.25, 0.3) is 0 Å². The fraction of sp³-hybridized carbons (Fsp3) is 0.286. The Morgan fingerprint density at radius 2 is 1.86 bits per heavy atom. The molecule has 1 aliphatic heterocycles. The number of halogens is 2. The Morgan fingerprint density at radius 3 is 2.52 bits per heavy atom. The maximum absolute atomic E-state index is 12.2. The molecule has 0 spiro atoms. The van der Waals surface area contributed by atoms with E-state index in [0.717, 1.165) is 22.2 Å². The summed E-state index contributed by atoms with van der Waals surface area (Å²) < 4.78 is 5.31. The Labute approximate surface area is 178 Å². The summed E-state index contributed by atoms with van der Waals surface area (Å²) in [7, 11) is 1.60. The van der Waals surface area contributed by atoms with Crippen LogP contribution in [0.1, 0.15) is 11.6 Å². The minimum atomic E-state index is -0.864. The highest BCUT2D eigenvalue weighted by molar-refractivity contribution is 6.42. The van der Waals surface area contributed by atoms with Crippen molar-refractivity contribution in [1.29, 1.82) is 0 Å². The number of H-pyrrole nitrogens is 1. The number of nitrogens with zero attached hydrogens (tertiary/aromatic N) is 2. The Kier molecular flexibility index (Phi) is 5.58. The molecule has 152 valence electrons. The lowest BCUT2D eigenvalue weighted by Gasteiger charge is -2.38. The number of hydrogen-bond acceptors (Lipinski definition) is 4. The number of aromatic amines is 1. The van der Waals surface area contributed by atoms with Crippen LogP contribution in [-0.4, -0.2) is 54.2 Å². The SMILES string of the molecule is COc1ccc2[nH]cc([C@H](C(=O)O)N3CCN(c4ccc(Cl)c(Cl)c4)CC3)c2c1. The minimum absolute atomic E-state index is 0.516. The normalized spacial score (nSPS) is 16.2. The van der Waals surface area contributed by atoms with Gasteiger partial charge in [0.2, 0.25) is 0 Å². The van der Waals surface area contributed by atoms with Crippen molar-refractivity contribution in [3.05, 3.63) is 58.2 Å². The van der Waals surface area contributed by atoms with E-state index >= 15 is 0 Å². The second-order valence-electron chi connectivity index (χ2n) is 7.02. The molecule has 8 heteroatoms. The summed E-state index contributed by atoms with van der Waals surface area (Å²) in [5.41, 5.74) is 2.62. The Hall–Kier alpha value is -2.41. The first kappa shape index (κ1) is 19.9. The van der Waals surface area contributed by atoms with E-state index in [0.29, 0.717) is 42.0 Å². The third-order valence-electron chi connectivity index (χ3n) is 5.40. The summed E-state index contributed by atoms with van der Waals surface area (Å²) in [6.07, 6.45) is 1.79. The van der Waals surface area contributed by atoms with Crippen LogP contribution in [0.15, 0.2) is 42.6 Å². The second kappa shape index (κ2) is 8.14. The van der Waals surface area contributed by atoms with Gasteiger partial charge in [0, 0.05) is 54.5 Å². The molecule has 1 saturated heterocycles. The average molecular weight is 434 g/mol. The van der Waals surface area contributed by atoms with Gasteiger partial charge in [0.1, 0.15) is 11.8 Å². The molecule has 2 N–H and O–H groups in total. The molecule has 2 aromatic carbocycles. The van der Waals surface area contributed by atoms with E-state index in [9.17, 15) is 9.90 Å². The van der Waals surface area contributed by atoms with Crippen molar-refractivity contribution in [1.82, 2.24) is 9.88 Å². The molecule has 1 aromatic heterocycles. The first-order valence-electron chi connectivity index (χ1n) is 9.30. The highest BCUT2D eigenvalue weighted by atomic mass is 35.5. The van der Waals surface area contributed by atoms with Crippen molar-refractivity contribution in [3.63, 3.8) is 0 Å². The second-order valence-corrected chi connectivity index (χ2v) is 7.83. The molecular formula is C21H21Cl2N3O3. The largest absolute Gasteiger partial charge is 0.497 e. The number of carbonyl (C=O) groups is 1. The number of methoxy groups -OCH3 is 1. The van der Waals surface area contributed by atoms with Gasteiger partial charge < -0.3 is 19.7 Å². The van der Waals surface area contributed by atoms with Gasteiger partial charge >= 0.3 is 5.97 Å². The van der Waals surface area contributed by atoms with Gasteiger partial charge in [-0.2, -0.15) is 0 Å². The number of piperazine rings is 1. The molecule has 2 heterocycles. The molecule has 0 amide bonds. The molecule has 3 aromatic rings. The number of rotatable bonds is 5. The van der Waals surface area contributed by atoms with Crippen molar-refractivity contribution in [2.24, 2.45) is 0 Å². The third kappa shape index (κ3) is 3.88. The van der Waals surface area contributed by atoms with Crippen LogP contribution in [0.5, 0.6) is 5.75 Å². The standard InChI is InChI=1S/C21H21Cl2N3O3/c1-29-14-3-5-19-15(11-14)16(12-24-19)20(21(27)28)26-8-6-25(7-9-26)13-2-4-17(22)18(23)10-13/h2-5,10-12,20,24H,6-9H2,1H3,(H,27,28)/t20-/m1/s1. The summed E-state index contributed by atoms with van der Waals surface area (Å²) >= 11 is 12.2. The molecule has 0 bridgehead atoms. The maximum atomic E-state index is 12.2. The fourth-order valence-corrected chi connectivity index (χ4v) is 4.17. The van der Waals surface area contributed by atoms with Crippen LogP contribution in [0.3, 0.4) is 0 Å². The number of nitrogens with one attached hydrogen (secondary N) is 1. The monoisotopic (exact) mass is 433 g/mol. The summed E-state index contributed by atoms with van der Waals surface area (Å²) in [5, 5.41) is 11.9. The van der Waals surface area contributed by atoms with Crippen LogP contribution in [0.2, 0.25) is 10.0 Å². The molecule has 1 fully saturated rings. The van der Waals surface area contributed by atoms with Gasteiger partial charge in [-0.05, 0) is 36.4 Å². The highest BCUT2D eigenvalue weighted by Crippen LogP contribution is 2.33. The van der Waals surface area contributed by atoms with E-state index in [4.69, 9.17) is 27.9 Å². The zero-order valence-corrected chi connectivity index (χ0v) is 17.4. The van der Waals surface area contributed by atoms with Crippen molar-refractivity contribution in [3.8, 4) is 5.75 Å². The number of carboxylic acids is 1. The topological polar surface area (TPSA) is 68.8 Å². The molecule has 0 unspecified atom stereocenters. The van der Waals surface area contributed by atoms with E-state index in [1.807, 2.05) is 35.2 Å². The molecule has 29 heavy (non-hydrogen) atoms. The summed E-state index contributed by atoms with van der Waals surface area (Å²) in [6.45, 7) is 2.64. The van der Waals surface area contributed by atoms with E-state index in [-0.39, 0.29) is 0 Å². The number of benzene rings is 2. The number of hydrogen-bond donors (Lipinski definition) is 2. The molecule has 1 aliphatic rings. The lowest BCUT2D eigenvalue weighted by molar-refractivity contribution is -0.143. The van der Waals surface area contributed by atoms with Crippen molar-refractivity contribution < 1.29 is 14.6 Å². The Bertz CT molecular complexity index is 1040. The van der Waals surface area contributed by atoms with E-state index in [2.05, 4.69) is 9.88 Å². The van der Waals surface area contributed by atoms with Gasteiger partial charge in [-0.25, -0.2) is 0 Å². The number of carboxylic acid groups (broad SMARTS) is 1. The molecule has 4 rings (SSSR count). The predicted molar refractivity (Wildman–Crippen MR) is 115 cm³/mol.